The largest absolute Gasteiger partial charge is 0.367 e. The van der Waals surface area contributed by atoms with Gasteiger partial charge in [-0.2, -0.15) is 0 Å². The quantitative estimate of drug-likeness (QED) is 0.378. The average Bonchev–Trinajstić information content (AvgIpc) is 2.97. The summed E-state index contributed by atoms with van der Waals surface area (Å²) in [6, 6.07) is 25.5. The molecule has 1 atom stereocenters. The van der Waals surface area contributed by atoms with Gasteiger partial charge in [-0.25, -0.2) is 0 Å². The molecule has 0 spiro atoms. The summed E-state index contributed by atoms with van der Waals surface area (Å²) >= 11 is 0. The number of piperazine rings is 1. The minimum atomic E-state index is -0.148. The molecule has 2 aliphatic rings. The Labute approximate surface area is 243 Å². The Balaban J connectivity index is 1.33. The lowest BCUT2D eigenvalue weighted by Gasteiger charge is -2.38. The smallest absolute Gasteiger partial charge is 0.256 e. The molecular weight excluding hydrogens is 512 g/mol. The fraction of sp³-hybridized carbons (Fsp3) is 0.382. The Kier molecular flexibility index (Phi) is 9.02. The zero-order valence-electron chi connectivity index (χ0n) is 24.1. The third-order valence-corrected chi connectivity index (χ3v) is 8.42. The van der Waals surface area contributed by atoms with Gasteiger partial charge in [0.1, 0.15) is 0 Å². The molecule has 0 radical (unpaired) electrons. The van der Waals surface area contributed by atoms with Crippen molar-refractivity contribution >= 4 is 29.1 Å². The summed E-state index contributed by atoms with van der Waals surface area (Å²) in [5.41, 5.74) is 4.14. The van der Waals surface area contributed by atoms with Crippen molar-refractivity contribution in [3.8, 4) is 0 Å². The van der Waals surface area contributed by atoms with Crippen molar-refractivity contribution < 1.29 is 14.4 Å². The molecule has 1 N–H and O–H groups in total. The van der Waals surface area contributed by atoms with Crippen LogP contribution in [0.2, 0.25) is 0 Å². The molecule has 1 saturated carbocycles. The first-order chi connectivity index (χ1) is 19.9. The first kappa shape index (κ1) is 28.4. The van der Waals surface area contributed by atoms with Gasteiger partial charge in [0.25, 0.3) is 5.91 Å². The summed E-state index contributed by atoms with van der Waals surface area (Å²) in [5.74, 6) is -0.00676. The van der Waals surface area contributed by atoms with Crippen molar-refractivity contribution in [2.75, 3.05) is 43.4 Å². The molecule has 3 amide bonds. The van der Waals surface area contributed by atoms with Crippen molar-refractivity contribution in [1.82, 2.24) is 9.80 Å². The molecule has 2 fully saturated rings. The van der Waals surface area contributed by atoms with Crippen molar-refractivity contribution in [2.45, 2.75) is 45.1 Å². The number of benzene rings is 3. The Morgan fingerprint density at radius 2 is 1.56 bits per heavy atom. The molecule has 1 aliphatic carbocycles. The van der Waals surface area contributed by atoms with E-state index in [0.717, 1.165) is 42.5 Å². The molecule has 5 rings (SSSR count). The molecule has 0 aromatic heterocycles. The van der Waals surface area contributed by atoms with Crippen molar-refractivity contribution in [3.05, 3.63) is 95.6 Å². The number of rotatable bonds is 9. The number of hydrogen-bond donors (Lipinski definition) is 1. The van der Waals surface area contributed by atoms with Crippen LogP contribution < -0.4 is 10.2 Å². The summed E-state index contributed by atoms with van der Waals surface area (Å²) < 4.78 is 0. The average molecular weight is 553 g/mol. The summed E-state index contributed by atoms with van der Waals surface area (Å²) in [7, 11) is 1.81. The van der Waals surface area contributed by atoms with E-state index in [-0.39, 0.29) is 29.6 Å². The highest BCUT2D eigenvalue weighted by atomic mass is 16.2. The van der Waals surface area contributed by atoms with E-state index in [1.807, 2.05) is 90.8 Å². The second kappa shape index (κ2) is 13.0. The molecular formula is C34H40N4O3. The van der Waals surface area contributed by atoms with Crippen LogP contribution in [0.15, 0.2) is 78.9 Å². The van der Waals surface area contributed by atoms with Crippen LogP contribution in [0.5, 0.6) is 0 Å². The first-order valence-corrected chi connectivity index (χ1v) is 14.8. The zero-order chi connectivity index (χ0) is 28.8. The SMILES string of the molecule is CCC(C(=O)N1CCN(c2ccc(NC(=O)C3CCC3)cc2C(=O)N(C)Cc2ccccc2)CC1)c1ccccc1. The van der Waals surface area contributed by atoms with E-state index < -0.39 is 0 Å². The number of nitrogens with zero attached hydrogens (tertiary/aromatic N) is 3. The molecule has 3 aromatic rings. The van der Waals surface area contributed by atoms with Gasteiger partial charge in [0, 0.05) is 57.1 Å². The van der Waals surface area contributed by atoms with Crippen LogP contribution in [0.1, 0.15) is 60.0 Å². The van der Waals surface area contributed by atoms with Gasteiger partial charge in [-0.1, -0.05) is 74.0 Å². The third kappa shape index (κ3) is 6.62. The highest BCUT2D eigenvalue weighted by Gasteiger charge is 2.30. The van der Waals surface area contributed by atoms with Crippen LogP contribution in [0.4, 0.5) is 11.4 Å². The molecule has 1 saturated heterocycles. The predicted molar refractivity (Wildman–Crippen MR) is 163 cm³/mol. The Morgan fingerprint density at radius 1 is 0.902 bits per heavy atom. The highest BCUT2D eigenvalue weighted by Crippen LogP contribution is 2.31. The predicted octanol–water partition coefficient (Wildman–Crippen LogP) is 5.54. The number of carbonyl (C=O) groups excluding carboxylic acids is 3. The van der Waals surface area contributed by atoms with Crippen LogP contribution >= 0.6 is 0 Å². The normalized spacial score (nSPS) is 16.0. The lowest BCUT2D eigenvalue weighted by Crippen LogP contribution is -2.50. The molecule has 7 nitrogen and oxygen atoms in total. The monoisotopic (exact) mass is 552 g/mol. The van der Waals surface area contributed by atoms with Crippen LogP contribution in [0.3, 0.4) is 0 Å². The number of hydrogen-bond acceptors (Lipinski definition) is 4. The molecule has 3 aromatic carbocycles. The lowest BCUT2D eigenvalue weighted by molar-refractivity contribution is -0.133. The fourth-order valence-electron chi connectivity index (χ4n) is 5.74. The van der Waals surface area contributed by atoms with Crippen molar-refractivity contribution in [2.24, 2.45) is 5.92 Å². The van der Waals surface area contributed by atoms with Crippen LogP contribution in [-0.4, -0.2) is 60.7 Å². The van der Waals surface area contributed by atoms with Gasteiger partial charge in [-0.15, -0.1) is 0 Å². The first-order valence-electron chi connectivity index (χ1n) is 14.8. The summed E-state index contributed by atoms with van der Waals surface area (Å²) in [5, 5.41) is 3.03. The van der Waals surface area contributed by atoms with E-state index in [2.05, 4.69) is 17.1 Å². The van der Waals surface area contributed by atoms with Gasteiger partial charge in [0.05, 0.1) is 11.5 Å². The van der Waals surface area contributed by atoms with E-state index in [9.17, 15) is 14.4 Å². The maximum atomic E-state index is 13.8. The number of amides is 3. The van der Waals surface area contributed by atoms with Crippen LogP contribution in [0, 0.1) is 5.92 Å². The van der Waals surface area contributed by atoms with E-state index in [1.165, 1.54) is 0 Å². The molecule has 7 heteroatoms. The summed E-state index contributed by atoms with van der Waals surface area (Å²) in [4.78, 5) is 45.8. The standard InChI is InChI=1S/C34H40N4O3/c1-3-29(26-13-8-5-9-14-26)34(41)38-21-19-37(20-22-38)31-18-17-28(35-32(39)27-15-10-16-27)23-30(31)33(40)36(2)24-25-11-6-4-7-12-25/h4-9,11-14,17-18,23,27,29H,3,10,15-16,19-22,24H2,1-2H3,(H,35,39). The molecule has 1 heterocycles. The Morgan fingerprint density at radius 3 is 2.17 bits per heavy atom. The highest BCUT2D eigenvalue weighted by molar-refractivity contribution is 6.02. The number of carbonyl (C=O) groups is 3. The van der Waals surface area contributed by atoms with Gasteiger partial charge >= 0.3 is 0 Å². The third-order valence-electron chi connectivity index (χ3n) is 8.42. The summed E-state index contributed by atoms with van der Waals surface area (Å²) in [6.07, 6.45) is 3.68. The second-order valence-electron chi connectivity index (χ2n) is 11.2. The fourth-order valence-corrected chi connectivity index (χ4v) is 5.74. The maximum Gasteiger partial charge on any atom is 0.256 e. The Bertz CT molecular complexity index is 1350. The topological polar surface area (TPSA) is 73.0 Å². The number of anilines is 2. The maximum absolute atomic E-state index is 13.8. The molecule has 0 bridgehead atoms. The minimum Gasteiger partial charge on any atom is -0.367 e. The van der Waals surface area contributed by atoms with Gasteiger partial charge in [-0.05, 0) is 48.6 Å². The van der Waals surface area contributed by atoms with Gasteiger partial charge < -0.3 is 20.0 Å². The molecule has 214 valence electrons. The molecule has 1 unspecified atom stereocenters. The van der Waals surface area contributed by atoms with Gasteiger partial charge in [0.15, 0.2) is 0 Å². The van der Waals surface area contributed by atoms with Crippen LogP contribution in [0.25, 0.3) is 0 Å². The zero-order valence-corrected chi connectivity index (χ0v) is 24.1. The Hall–Kier alpha value is -4.13. The van der Waals surface area contributed by atoms with E-state index in [1.54, 1.807) is 4.90 Å². The molecule has 1 aliphatic heterocycles. The number of nitrogens with one attached hydrogen (secondary N) is 1. The van der Waals surface area contributed by atoms with Crippen LogP contribution in [-0.2, 0) is 16.1 Å². The molecule has 41 heavy (non-hydrogen) atoms. The second-order valence-corrected chi connectivity index (χ2v) is 11.2. The van der Waals surface area contributed by atoms with E-state index in [4.69, 9.17) is 0 Å². The van der Waals surface area contributed by atoms with Gasteiger partial charge in [0.2, 0.25) is 11.8 Å². The van der Waals surface area contributed by atoms with E-state index in [0.29, 0.717) is 44.0 Å². The van der Waals surface area contributed by atoms with Crippen molar-refractivity contribution in [1.29, 1.82) is 0 Å². The minimum absolute atomic E-state index is 0.0241. The van der Waals surface area contributed by atoms with Gasteiger partial charge in [-0.3, -0.25) is 14.4 Å². The van der Waals surface area contributed by atoms with E-state index >= 15 is 0 Å². The van der Waals surface area contributed by atoms with Crippen molar-refractivity contribution in [3.63, 3.8) is 0 Å². The summed E-state index contributed by atoms with van der Waals surface area (Å²) in [6.45, 7) is 4.99. The lowest BCUT2D eigenvalue weighted by atomic mass is 9.85.